The van der Waals surface area contributed by atoms with Crippen LogP contribution in [0.2, 0.25) is 0 Å². The molecule has 0 aliphatic heterocycles. The molecule has 0 saturated heterocycles. The summed E-state index contributed by atoms with van der Waals surface area (Å²) >= 11 is 0. The van der Waals surface area contributed by atoms with Gasteiger partial charge in [0.25, 0.3) is 0 Å². The Morgan fingerprint density at radius 1 is 0.870 bits per heavy atom. The lowest BCUT2D eigenvalue weighted by molar-refractivity contribution is 0.0145. The van der Waals surface area contributed by atoms with E-state index in [0.29, 0.717) is 12.1 Å². The van der Waals surface area contributed by atoms with Crippen LogP contribution >= 0.6 is 0 Å². The summed E-state index contributed by atoms with van der Waals surface area (Å²) in [5, 5.41) is 0. The molecule has 0 rings (SSSR count). The molecule has 23 heavy (non-hydrogen) atoms. The molecule has 1 atom stereocenters. The Morgan fingerprint density at radius 3 is 1.96 bits per heavy atom. The van der Waals surface area contributed by atoms with Gasteiger partial charge in [-0.1, -0.05) is 57.9 Å². The first-order valence-electron chi connectivity index (χ1n) is 9.56. The van der Waals surface area contributed by atoms with Crippen molar-refractivity contribution < 1.29 is 4.74 Å². The van der Waals surface area contributed by atoms with Gasteiger partial charge >= 0.3 is 0 Å². The van der Waals surface area contributed by atoms with Crippen LogP contribution in [0.1, 0.15) is 64.7 Å². The monoisotopic (exact) mass is 326 g/mol. The van der Waals surface area contributed by atoms with Gasteiger partial charge in [-0.2, -0.15) is 0 Å². The summed E-state index contributed by atoms with van der Waals surface area (Å²) in [6.07, 6.45) is 14.5. The summed E-state index contributed by atoms with van der Waals surface area (Å²) in [5.74, 6) is 0.614. The van der Waals surface area contributed by atoms with Gasteiger partial charge in [0.1, 0.15) is 0 Å². The Balaban J connectivity index is 3.67. The molecule has 0 saturated carbocycles. The first-order valence-corrected chi connectivity index (χ1v) is 9.56. The van der Waals surface area contributed by atoms with E-state index < -0.39 is 0 Å². The summed E-state index contributed by atoms with van der Waals surface area (Å²) in [6.45, 7) is 7.88. The second kappa shape index (κ2) is 15.2. The van der Waals surface area contributed by atoms with Gasteiger partial charge in [0.2, 0.25) is 0 Å². The average molecular weight is 327 g/mol. The van der Waals surface area contributed by atoms with Crippen LogP contribution in [0.3, 0.4) is 0 Å². The first-order chi connectivity index (χ1) is 11.0. The summed E-state index contributed by atoms with van der Waals surface area (Å²) in [5.41, 5.74) is 0. The van der Waals surface area contributed by atoms with Crippen LogP contribution in [-0.4, -0.2) is 57.4 Å². The molecule has 0 radical (unpaired) electrons. The number of likely N-dealkylation sites (N-methyl/N-ethyl adjacent to an activating group) is 2. The topological polar surface area (TPSA) is 15.7 Å². The average Bonchev–Trinajstić information content (AvgIpc) is 2.50. The molecule has 0 fully saturated rings. The second-order valence-electron chi connectivity index (χ2n) is 7.18. The van der Waals surface area contributed by atoms with Crippen LogP contribution in [0.25, 0.3) is 0 Å². The first kappa shape index (κ1) is 22.6. The number of unbranched alkanes of at least 4 members (excludes halogenated alkanes) is 6. The van der Waals surface area contributed by atoms with Gasteiger partial charge in [0, 0.05) is 6.61 Å². The van der Waals surface area contributed by atoms with Crippen molar-refractivity contribution in [2.45, 2.75) is 70.9 Å². The molecule has 3 heteroatoms. The predicted molar refractivity (Wildman–Crippen MR) is 103 cm³/mol. The third-order valence-electron chi connectivity index (χ3n) is 4.60. The maximum atomic E-state index is 5.89. The van der Waals surface area contributed by atoms with E-state index in [2.05, 4.69) is 57.6 Å². The molecule has 0 amide bonds. The molecule has 0 aromatic rings. The molecule has 0 aliphatic carbocycles. The highest BCUT2D eigenvalue weighted by Gasteiger charge is 2.13. The van der Waals surface area contributed by atoms with Gasteiger partial charge in [-0.3, -0.25) is 9.80 Å². The van der Waals surface area contributed by atoms with E-state index in [1.165, 1.54) is 51.4 Å². The Hall–Kier alpha value is -0.380. The lowest BCUT2D eigenvalue weighted by Crippen LogP contribution is -2.44. The van der Waals surface area contributed by atoms with Gasteiger partial charge in [0.05, 0.1) is 12.8 Å². The summed E-state index contributed by atoms with van der Waals surface area (Å²) in [4.78, 5) is 4.40. The van der Waals surface area contributed by atoms with Gasteiger partial charge in [0.15, 0.2) is 0 Å². The SMILES string of the molecule is C=CC(CCCCCCCCC)CCOCC(N(C)C)N(C)C. The highest BCUT2D eigenvalue weighted by atomic mass is 16.5. The highest BCUT2D eigenvalue weighted by Crippen LogP contribution is 2.16. The molecular weight excluding hydrogens is 284 g/mol. The van der Waals surface area contributed by atoms with Crippen molar-refractivity contribution in [3.05, 3.63) is 12.7 Å². The Morgan fingerprint density at radius 2 is 1.43 bits per heavy atom. The van der Waals surface area contributed by atoms with Crippen LogP contribution in [0.4, 0.5) is 0 Å². The number of nitrogens with zero attached hydrogens (tertiary/aromatic N) is 2. The van der Waals surface area contributed by atoms with Crippen LogP contribution in [0.5, 0.6) is 0 Å². The van der Waals surface area contributed by atoms with Crippen molar-refractivity contribution in [3.63, 3.8) is 0 Å². The van der Waals surface area contributed by atoms with E-state index in [1.54, 1.807) is 0 Å². The predicted octanol–water partition coefficient (Wildman–Crippen LogP) is 4.79. The maximum Gasteiger partial charge on any atom is 0.0853 e. The van der Waals surface area contributed by atoms with E-state index in [1.807, 2.05) is 0 Å². The Bertz CT molecular complexity index is 258. The molecular formula is C20H42N2O. The minimum absolute atomic E-state index is 0.348. The molecule has 0 bridgehead atoms. The zero-order valence-electron chi connectivity index (χ0n) is 16.5. The van der Waals surface area contributed by atoms with Crippen LogP contribution < -0.4 is 0 Å². The second-order valence-corrected chi connectivity index (χ2v) is 7.18. The van der Waals surface area contributed by atoms with Crippen LogP contribution in [0.15, 0.2) is 12.7 Å². The third kappa shape index (κ3) is 12.7. The number of ether oxygens (including phenoxy) is 1. The zero-order valence-corrected chi connectivity index (χ0v) is 16.5. The highest BCUT2D eigenvalue weighted by molar-refractivity contribution is 4.78. The normalized spacial score (nSPS) is 13.2. The van der Waals surface area contributed by atoms with Crippen molar-refractivity contribution in [1.82, 2.24) is 9.80 Å². The molecule has 1 unspecified atom stereocenters. The summed E-state index contributed by atoms with van der Waals surface area (Å²) < 4.78 is 5.89. The van der Waals surface area contributed by atoms with Gasteiger partial charge in [-0.05, 0) is 47.0 Å². The van der Waals surface area contributed by atoms with Crippen molar-refractivity contribution in [1.29, 1.82) is 0 Å². The van der Waals surface area contributed by atoms with Crippen molar-refractivity contribution in [2.24, 2.45) is 5.92 Å². The fourth-order valence-corrected chi connectivity index (χ4v) is 2.93. The minimum Gasteiger partial charge on any atom is -0.378 e. The number of allylic oxidation sites excluding steroid dienone is 1. The molecule has 0 heterocycles. The minimum atomic E-state index is 0.348. The van der Waals surface area contributed by atoms with E-state index in [-0.39, 0.29) is 0 Å². The summed E-state index contributed by atoms with van der Waals surface area (Å²) in [6, 6.07) is 0. The van der Waals surface area contributed by atoms with Crippen molar-refractivity contribution in [2.75, 3.05) is 41.4 Å². The lowest BCUT2D eigenvalue weighted by atomic mass is 9.97. The molecule has 3 nitrogen and oxygen atoms in total. The van der Waals surface area contributed by atoms with Gasteiger partial charge < -0.3 is 4.74 Å². The van der Waals surface area contributed by atoms with E-state index in [0.717, 1.165) is 19.6 Å². The van der Waals surface area contributed by atoms with Gasteiger partial charge in [-0.25, -0.2) is 0 Å². The molecule has 0 aromatic heterocycles. The molecule has 0 spiro atoms. The molecule has 138 valence electrons. The van der Waals surface area contributed by atoms with E-state index in [4.69, 9.17) is 4.74 Å². The number of hydrogen-bond acceptors (Lipinski definition) is 3. The third-order valence-corrected chi connectivity index (χ3v) is 4.60. The van der Waals surface area contributed by atoms with Crippen molar-refractivity contribution >= 4 is 0 Å². The zero-order chi connectivity index (χ0) is 17.5. The largest absolute Gasteiger partial charge is 0.378 e. The van der Waals surface area contributed by atoms with Crippen LogP contribution in [-0.2, 0) is 4.74 Å². The lowest BCUT2D eigenvalue weighted by Gasteiger charge is -2.30. The molecule has 0 aromatic carbocycles. The van der Waals surface area contributed by atoms with Crippen molar-refractivity contribution in [3.8, 4) is 0 Å². The fourth-order valence-electron chi connectivity index (χ4n) is 2.93. The quantitative estimate of drug-likeness (QED) is 0.230. The van der Waals surface area contributed by atoms with Crippen LogP contribution in [0, 0.1) is 5.92 Å². The molecule has 0 aliphatic rings. The smallest absolute Gasteiger partial charge is 0.0853 e. The van der Waals surface area contributed by atoms with E-state index in [9.17, 15) is 0 Å². The fraction of sp³-hybridized carbons (Fsp3) is 0.900. The number of rotatable bonds is 16. The molecule has 0 N–H and O–H groups in total. The Labute approximate surface area is 146 Å². The Kier molecular flexibility index (Phi) is 14.9. The van der Waals surface area contributed by atoms with E-state index >= 15 is 0 Å². The summed E-state index contributed by atoms with van der Waals surface area (Å²) in [7, 11) is 8.39. The standard InChI is InChI=1S/C20H42N2O/c1-7-9-10-11-12-13-14-15-19(8-2)16-17-23-18-20(21(3)4)22(5)6/h8,19-20H,2,7,9-18H2,1,3-6H3. The maximum absolute atomic E-state index is 5.89. The number of hydrogen-bond donors (Lipinski definition) is 0. The van der Waals surface area contributed by atoms with Gasteiger partial charge in [-0.15, -0.1) is 6.58 Å².